The maximum absolute atomic E-state index is 14.0. The number of aliphatic hydroxyl groups is 1. The molecule has 4 N–H and O–H groups in total. The van der Waals surface area contributed by atoms with E-state index in [9.17, 15) is 37.5 Å². The molecule has 4 aromatic rings. The third kappa shape index (κ3) is 8.42. The molecule has 4 aliphatic heterocycles. The number of sulfonamides is 1. The number of amides is 5. The highest BCUT2D eigenvalue weighted by atomic mass is 32.2. The number of benzene rings is 4. The fourth-order valence-corrected chi connectivity index (χ4v) is 10.7. The molecule has 0 saturated carbocycles. The summed E-state index contributed by atoms with van der Waals surface area (Å²) in [7, 11) is -3.80. The summed E-state index contributed by atoms with van der Waals surface area (Å²) in [5, 5.41) is 18.9. The Labute approximate surface area is 354 Å². The van der Waals surface area contributed by atoms with Crippen LogP contribution in [-0.2, 0) is 24.4 Å². The molecule has 0 aromatic heterocycles. The van der Waals surface area contributed by atoms with Crippen LogP contribution in [0, 0.1) is 12.8 Å². The Kier molecular flexibility index (Phi) is 12.1. The van der Waals surface area contributed by atoms with Gasteiger partial charge in [0.15, 0.2) is 0 Å². The van der Waals surface area contributed by atoms with Gasteiger partial charge in [0.25, 0.3) is 11.8 Å². The molecule has 318 valence electrons. The molecule has 4 atom stereocenters. The predicted molar refractivity (Wildman–Crippen MR) is 227 cm³/mol. The van der Waals surface area contributed by atoms with E-state index in [0.29, 0.717) is 44.5 Å². The van der Waals surface area contributed by atoms with Crippen LogP contribution < -0.4 is 20.7 Å². The van der Waals surface area contributed by atoms with Gasteiger partial charge in [0.2, 0.25) is 27.7 Å². The number of ether oxygens (including phenoxy) is 1. The standard InChI is InChI=1S/C46H49N5O9S/c1-28-14-17-32(18-15-28)61(58,59)50-23-22-33-37(27-52)48-36-19-16-30(26-35(36)43(33)50)29-9-7-10-31(25-29)47-40(53)13-5-3-2-4-6-24-60-39-12-8-11-34-42(39)46(57)51(45(34)56)38-20-21-41(54)49-44(38)55/h7-12,14-19,25-26,33,37-38,43,48,52H,2-6,13,20-24,27H2,1H3,(H,47,53)(H,49,54,55)/t33-,37+,38?,43-/m1/s1. The van der Waals surface area contributed by atoms with Gasteiger partial charge in [-0.1, -0.05) is 61.2 Å². The van der Waals surface area contributed by atoms with E-state index in [1.54, 1.807) is 40.7 Å². The number of carbonyl (C=O) groups is 5. The first-order valence-corrected chi connectivity index (χ1v) is 22.4. The second-order valence-corrected chi connectivity index (χ2v) is 18.1. The lowest BCUT2D eigenvalue weighted by Gasteiger charge is -2.39. The van der Waals surface area contributed by atoms with Gasteiger partial charge in [0.1, 0.15) is 11.8 Å². The summed E-state index contributed by atoms with van der Waals surface area (Å²) in [6.07, 6.45) is 5.03. The molecule has 61 heavy (non-hydrogen) atoms. The van der Waals surface area contributed by atoms with Gasteiger partial charge in [-0.2, -0.15) is 4.31 Å². The Bertz CT molecular complexity index is 2490. The highest BCUT2D eigenvalue weighted by Gasteiger charge is 2.49. The van der Waals surface area contributed by atoms with E-state index in [4.69, 9.17) is 4.74 Å². The Hall–Kier alpha value is -5.90. The molecule has 1 unspecified atom stereocenters. The van der Waals surface area contributed by atoms with Crippen molar-refractivity contribution in [3.05, 3.63) is 107 Å². The summed E-state index contributed by atoms with van der Waals surface area (Å²) in [5.74, 6) is -2.20. The average molecular weight is 848 g/mol. The third-order valence-electron chi connectivity index (χ3n) is 12.2. The predicted octanol–water partition coefficient (Wildman–Crippen LogP) is 5.96. The van der Waals surface area contributed by atoms with Gasteiger partial charge in [-0.15, -0.1) is 0 Å². The lowest BCUT2D eigenvalue weighted by molar-refractivity contribution is -0.136. The smallest absolute Gasteiger partial charge is 0.266 e. The number of piperidine rings is 1. The third-order valence-corrected chi connectivity index (χ3v) is 14.1. The highest BCUT2D eigenvalue weighted by molar-refractivity contribution is 7.89. The minimum atomic E-state index is -3.80. The first-order chi connectivity index (χ1) is 29.4. The number of nitrogens with zero attached hydrogens (tertiary/aromatic N) is 2. The fraction of sp³-hybridized carbons (Fsp3) is 0.370. The minimum absolute atomic E-state index is 0.0462. The number of aryl methyl sites for hydroxylation is 1. The summed E-state index contributed by atoms with van der Waals surface area (Å²) in [5.41, 5.74) is 5.34. The maximum atomic E-state index is 14.0. The topological polar surface area (TPSA) is 192 Å². The van der Waals surface area contributed by atoms with Crippen LogP contribution in [0.4, 0.5) is 11.4 Å². The van der Waals surface area contributed by atoms with Gasteiger partial charge in [0, 0.05) is 36.7 Å². The largest absolute Gasteiger partial charge is 0.493 e. The number of carbonyl (C=O) groups excluding carboxylic acids is 5. The number of aliphatic hydroxyl groups excluding tert-OH is 1. The fourth-order valence-electron chi connectivity index (χ4n) is 9.02. The summed E-state index contributed by atoms with van der Waals surface area (Å²) in [6.45, 7) is 2.48. The lowest BCUT2D eigenvalue weighted by Crippen LogP contribution is -2.54. The second kappa shape index (κ2) is 17.6. The molecule has 4 heterocycles. The first-order valence-electron chi connectivity index (χ1n) is 20.9. The number of nitrogens with one attached hydrogen (secondary N) is 3. The van der Waals surface area contributed by atoms with Crippen LogP contribution >= 0.6 is 0 Å². The van der Waals surface area contributed by atoms with Gasteiger partial charge < -0.3 is 20.5 Å². The van der Waals surface area contributed by atoms with E-state index >= 15 is 0 Å². The van der Waals surface area contributed by atoms with Crippen molar-refractivity contribution in [2.24, 2.45) is 5.92 Å². The van der Waals surface area contributed by atoms with Crippen molar-refractivity contribution in [3.63, 3.8) is 0 Å². The number of unbranched alkanes of at least 4 members (excludes halogenated alkanes) is 4. The summed E-state index contributed by atoms with van der Waals surface area (Å²) in [4.78, 5) is 64.5. The highest BCUT2D eigenvalue weighted by Crippen LogP contribution is 2.49. The van der Waals surface area contributed by atoms with Crippen LogP contribution in [0.15, 0.2) is 89.8 Å². The number of imide groups is 2. The zero-order valence-corrected chi connectivity index (χ0v) is 34.7. The molecule has 2 saturated heterocycles. The first kappa shape index (κ1) is 41.8. The lowest BCUT2D eigenvalue weighted by atomic mass is 9.82. The van der Waals surface area contributed by atoms with Crippen molar-refractivity contribution in [2.45, 2.75) is 87.7 Å². The normalized spacial score (nSPS) is 21.0. The molecule has 0 radical (unpaired) electrons. The van der Waals surface area contributed by atoms with Gasteiger partial charge in [-0.3, -0.25) is 34.2 Å². The molecule has 14 nitrogen and oxygen atoms in total. The monoisotopic (exact) mass is 847 g/mol. The van der Waals surface area contributed by atoms with Gasteiger partial charge in [-0.05, 0) is 97.8 Å². The van der Waals surface area contributed by atoms with Gasteiger partial charge in [-0.25, -0.2) is 8.42 Å². The van der Waals surface area contributed by atoms with Crippen molar-refractivity contribution in [3.8, 4) is 16.9 Å². The molecule has 15 heteroatoms. The number of rotatable bonds is 15. The molecular formula is C46H49N5O9S. The molecule has 8 rings (SSSR count). The van der Waals surface area contributed by atoms with E-state index < -0.39 is 45.7 Å². The summed E-state index contributed by atoms with van der Waals surface area (Å²) >= 11 is 0. The quantitative estimate of drug-likeness (QED) is 0.0821. The summed E-state index contributed by atoms with van der Waals surface area (Å²) in [6, 6.07) is 23.4. The van der Waals surface area contributed by atoms with Crippen molar-refractivity contribution < 1.29 is 42.2 Å². The number of hydrogen-bond donors (Lipinski definition) is 4. The van der Waals surface area contributed by atoms with E-state index in [0.717, 1.165) is 52.1 Å². The summed E-state index contributed by atoms with van der Waals surface area (Å²) < 4.78 is 35.5. The SMILES string of the molecule is Cc1ccc(S(=O)(=O)N2CC[C@@H]3[C@H](CO)Nc4ccc(-c5cccc(NC(=O)CCCCCCCOc6cccc7c6C(=O)N(C6CCC(=O)NC6=O)C7=O)c5)cc4[C@@H]32)cc1. The number of fused-ring (bicyclic) bond motifs is 4. The van der Waals surface area contributed by atoms with Crippen molar-refractivity contribution in [1.82, 2.24) is 14.5 Å². The molecule has 0 aliphatic carbocycles. The molecular weight excluding hydrogens is 799 g/mol. The molecule has 2 fully saturated rings. The Morgan fingerprint density at radius 1 is 0.869 bits per heavy atom. The second-order valence-electron chi connectivity index (χ2n) is 16.2. The number of hydrogen-bond acceptors (Lipinski definition) is 10. The van der Waals surface area contributed by atoms with Crippen molar-refractivity contribution in [1.29, 1.82) is 0 Å². The molecule has 4 aliphatic rings. The molecule has 5 amide bonds. The Morgan fingerprint density at radius 2 is 1.62 bits per heavy atom. The van der Waals surface area contributed by atoms with E-state index in [-0.39, 0.29) is 59.1 Å². The van der Waals surface area contributed by atoms with Crippen LogP contribution in [0.2, 0.25) is 0 Å². The van der Waals surface area contributed by atoms with Gasteiger partial charge in [0.05, 0.1) is 41.3 Å². The van der Waals surface area contributed by atoms with Crippen LogP contribution in [0.1, 0.15) is 95.7 Å². The van der Waals surface area contributed by atoms with E-state index in [1.807, 2.05) is 49.4 Å². The Balaban J connectivity index is 0.820. The van der Waals surface area contributed by atoms with Crippen LogP contribution in [0.25, 0.3) is 11.1 Å². The van der Waals surface area contributed by atoms with Crippen molar-refractivity contribution in [2.75, 3.05) is 30.4 Å². The van der Waals surface area contributed by atoms with E-state index in [2.05, 4.69) is 16.0 Å². The van der Waals surface area contributed by atoms with Gasteiger partial charge >= 0.3 is 0 Å². The number of anilines is 2. The van der Waals surface area contributed by atoms with Crippen LogP contribution in [0.3, 0.4) is 0 Å². The molecule has 0 bridgehead atoms. The van der Waals surface area contributed by atoms with Crippen LogP contribution in [0.5, 0.6) is 5.75 Å². The molecule has 0 spiro atoms. The maximum Gasteiger partial charge on any atom is 0.266 e. The Morgan fingerprint density at radius 3 is 2.41 bits per heavy atom. The van der Waals surface area contributed by atoms with E-state index in [1.165, 1.54) is 6.07 Å². The average Bonchev–Trinajstić information content (AvgIpc) is 3.82. The minimum Gasteiger partial charge on any atom is -0.493 e. The zero-order chi connectivity index (χ0) is 42.8. The van der Waals surface area contributed by atoms with Crippen molar-refractivity contribution >= 4 is 50.9 Å². The zero-order valence-electron chi connectivity index (χ0n) is 33.9. The van der Waals surface area contributed by atoms with Crippen LogP contribution in [-0.4, -0.2) is 84.1 Å². The molecule has 4 aromatic carbocycles.